The molecule has 1 aliphatic rings. The van der Waals surface area contributed by atoms with E-state index < -0.39 is 0 Å². The predicted octanol–water partition coefficient (Wildman–Crippen LogP) is 0.426. The molecule has 6 nitrogen and oxygen atoms in total. The molecule has 1 amide bonds. The monoisotopic (exact) mass is 265 g/mol. The summed E-state index contributed by atoms with van der Waals surface area (Å²) in [7, 11) is 0. The van der Waals surface area contributed by atoms with Crippen LogP contribution in [0, 0.1) is 0 Å². The van der Waals surface area contributed by atoms with Crippen molar-refractivity contribution in [2.45, 2.75) is 6.42 Å². The Kier molecular flexibility index (Phi) is 4.59. The molecule has 2 rings (SSSR count). The topological polar surface area (TPSA) is 87.8 Å². The van der Waals surface area contributed by atoms with Crippen molar-refractivity contribution in [1.82, 2.24) is 0 Å². The fraction of sp³-hybridized carbons (Fsp3) is 0.462. The third-order valence-corrected chi connectivity index (χ3v) is 2.98. The van der Waals surface area contributed by atoms with Crippen molar-refractivity contribution in [3.05, 3.63) is 18.2 Å². The van der Waals surface area contributed by atoms with Gasteiger partial charge in [-0.1, -0.05) is 0 Å². The Morgan fingerprint density at radius 1 is 1.47 bits per heavy atom. The van der Waals surface area contributed by atoms with Gasteiger partial charge in [0.25, 0.3) is 5.91 Å². The maximum absolute atomic E-state index is 11.7. The van der Waals surface area contributed by atoms with Crippen molar-refractivity contribution in [3.8, 4) is 0 Å². The van der Waals surface area contributed by atoms with Crippen molar-refractivity contribution in [2.24, 2.45) is 0 Å². The van der Waals surface area contributed by atoms with E-state index in [0.717, 1.165) is 11.4 Å². The highest BCUT2D eigenvalue weighted by atomic mass is 16.5. The number of morpholine rings is 1. The lowest BCUT2D eigenvalue weighted by atomic mass is 10.2. The third-order valence-electron chi connectivity index (χ3n) is 2.98. The van der Waals surface area contributed by atoms with E-state index in [-0.39, 0.29) is 19.1 Å². The molecule has 1 aromatic carbocycles. The van der Waals surface area contributed by atoms with Gasteiger partial charge in [0.2, 0.25) is 0 Å². The number of rotatable bonds is 5. The fourth-order valence-corrected chi connectivity index (χ4v) is 1.97. The summed E-state index contributed by atoms with van der Waals surface area (Å²) in [5.74, 6) is -0.0494. The summed E-state index contributed by atoms with van der Waals surface area (Å²) in [5.41, 5.74) is 8.16. The van der Waals surface area contributed by atoms with Gasteiger partial charge in [0.1, 0.15) is 6.61 Å². The van der Waals surface area contributed by atoms with Gasteiger partial charge < -0.3 is 25.8 Å². The summed E-state index contributed by atoms with van der Waals surface area (Å²) in [5, 5.41) is 11.9. The molecule has 1 aromatic rings. The lowest BCUT2D eigenvalue weighted by Gasteiger charge is -2.27. The normalized spacial score (nSPS) is 15.6. The van der Waals surface area contributed by atoms with Crippen LogP contribution in [0.1, 0.15) is 6.42 Å². The molecule has 1 fully saturated rings. The molecular weight excluding hydrogens is 246 g/mol. The molecule has 0 unspecified atom stereocenters. The summed E-state index contributed by atoms with van der Waals surface area (Å²) in [4.78, 5) is 13.4. The van der Waals surface area contributed by atoms with Crippen LogP contribution in [-0.2, 0) is 9.53 Å². The average Bonchev–Trinajstić information content (AvgIpc) is 2.41. The Balaban J connectivity index is 2.07. The Bertz CT molecular complexity index is 451. The number of ether oxygens (including phenoxy) is 1. The Morgan fingerprint density at radius 3 is 3.00 bits per heavy atom. The van der Waals surface area contributed by atoms with Crippen LogP contribution in [0.15, 0.2) is 18.2 Å². The minimum absolute atomic E-state index is 0.0494. The van der Waals surface area contributed by atoms with Crippen molar-refractivity contribution in [3.63, 3.8) is 0 Å². The number of nitrogens with zero attached hydrogens (tertiary/aromatic N) is 1. The molecule has 1 aliphatic heterocycles. The summed E-state index contributed by atoms with van der Waals surface area (Å²) in [6.45, 7) is 2.03. The minimum atomic E-state index is -0.0494. The SMILES string of the molecule is Nc1cc(N2CCOCC2=O)ccc1NCCCO. The van der Waals surface area contributed by atoms with Crippen LogP contribution in [0.5, 0.6) is 0 Å². The Hall–Kier alpha value is -1.79. The maximum atomic E-state index is 11.7. The largest absolute Gasteiger partial charge is 0.397 e. The van der Waals surface area contributed by atoms with Crippen LogP contribution in [0.4, 0.5) is 17.1 Å². The molecule has 1 heterocycles. The highest BCUT2D eigenvalue weighted by Crippen LogP contribution is 2.26. The van der Waals surface area contributed by atoms with Gasteiger partial charge in [-0.3, -0.25) is 4.79 Å². The first-order valence-corrected chi connectivity index (χ1v) is 6.34. The summed E-state index contributed by atoms with van der Waals surface area (Å²) in [6, 6.07) is 5.50. The van der Waals surface area contributed by atoms with Crippen LogP contribution in [0.25, 0.3) is 0 Å². The smallest absolute Gasteiger partial charge is 0.253 e. The van der Waals surface area contributed by atoms with E-state index in [1.807, 2.05) is 12.1 Å². The van der Waals surface area contributed by atoms with Gasteiger partial charge in [-0.25, -0.2) is 0 Å². The molecule has 0 radical (unpaired) electrons. The van der Waals surface area contributed by atoms with Gasteiger partial charge in [-0.05, 0) is 24.6 Å². The molecule has 0 aliphatic carbocycles. The number of benzene rings is 1. The second kappa shape index (κ2) is 6.40. The number of carbonyl (C=O) groups excluding carboxylic acids is 1. The van der Waals surface area contributed by atoms with Gasteiger partial charge in [-0.2, -0.15) is 0 Å². The first kappa shape index (κ1) is 13.6. The molecule has 1 saturated heterocycles. The molecule has 0 bridgehead atoms. The zero-order valence-electron chi connectivity index (χ0n) is 10.8. The molecule has 0 spiro atoms. The second-order valence-electron chi connectivity index (χ2n) is 4.37. The third kappa shape index (κ3) is 3.36. The molecule has 0 atom stereocenters. The van der Waals surface area contributed by atoms with E-state index in [9.17, 15) is 4.79 Å². The predicted molar refractivity (Wildman–Crippen MR) is 74.2 cm³/mol. The zero-order valence-corrected chi connectivity index (χ0v) is 10.8. The lowest BCUT2D eigenvalue weighted by molar-refractivity contribution is -0.125. The van der Waals surface area contributed by atoms with E-state index in [4.69, 9.17) is 15.6 Å². The second-order valence-corrected chi connectivity index (χ2v) is 4.37. The number of nitrogen functional groups attached to an aromatic ring is 1. The standard InChI is InChI=1S/C13H19N3O3/c14-11-8-10(16-5-7-19-9-13(16)18)2-3-12(11)15-4-1-6-17/h2-3,8,15,17H,1,4-7,9,14H2. The Labute approximate surface area is 112 Å². The van der Waals surface area contributed by atoms with Crippen molar-refractivity contribution >= 4 is 23.0 Å². The quantitative estimate of drug-likeness (QED) is 0.530. The molecule has 0 saturated carbocycles. The number of hydrogen-bond donors (Lipinski definition) is 3. The van der Waals surface area contributed by atoms with Gasteiger partial charge in [0.15, 0.2) is 0 Å². The number of nitrogens with one attached hydrogen (secondary N) is 1. The first-order valence-electron chi connectivity index (χ1n) is 6.34. The summed E-state index contributed by atoms with van der Waals surface area (Å²) in [6.07, 6.45) is 0.670. The molecule has 4 N–H and O–H groups in total. The molecule has 19 heavy (non-hydrogen) atoms. The van der Waals surface area contributed by atoms with Crippen molar-refractivity contribution in [1.29, 1.82) is 0 Å². The van der Waals surface area contributed by atoms with E-state index in [1.54, 1.807) is 11.0 Å². The first-order chi connectivity index (χ1) is 9.22. The van der Waals surface area contributed by atoms with Crippen LogP contribution < -0.4 is 16.0 Å². The summed E-state index contributed by atoms with van der Waals surface area (Å²) < 4.78 is 5.09. The lowest BCUT2D eigenvalue weighted by Crippen LogP contribution is -2.41. The number of carbonyl (C=O) groups is 1. The van der Waals surface area contributed by atoms with Gasteiger partial charge >= 0.3 is 0 Å². The number of aliphatic hydroxyl groups is 1. The fourth-order valence-electron chi connectivity index (χ4n) is 1.97. The maximum Gasteiger partial charge on any atom is 0.253 e. The van der Waals surface area contributed by atoms with Crippen LogP contribution in [0.2, 0.25) is 0 Å². The van der Waals surface area contributed by atoms with E-state index >= 15 is 0 Å². The van der Waals surface area contributed by atoms with E-state index in [1.165, 1.54) is 0 Å². The van der Waals surface area contributed by atoms with Crippen LogP contribution in [0.3, 0.4) is 0 Å². The highest BCUT2D eigenvalue weighted by Gasteiger charge is 2.20. The highest BCUT2D eigenvalue weighted by molar-refractivity contribution is 5.95. The van der Waals surface area contributed by atoms with Gasteiger partial charge in [-0.15, -0.1) is 0 Å². The number of anilines is 3. The molecule has 104 valence electrons. The number of aliphatic hydroxyl groups excluding tert-OH is 1. The summed E-state index contributed by atoms with van der Waals surface area (Å²) >= 11 is 0. The van der Waals surface area contributed by atoms with Gasteiger partial charge in [0, 0.05) is 25.4 Å². The number of hydrogen-bond acceptors (Lipinski definition) is 5. The Morgan fingerprint density at radius 2 is 2.32 bits per heavy atom. The minimum Gasteiger partial charge on any atom is -0.397 e. The molecular formula is C13H19N3O3. The molecule has 0 aromatic heterocycles. The van der Waals surface area contributed by atoms with Crippen molar-refractivity contribution in [2.75, 3.05) is 48.9 Å². The van der Waals surface area contributed by atoms with Crippen LogP contribution >= 0.6 is 0 Å². The van der Waals surface area contributed by atoms with Gasteiger partial charge in [0.05, 0.1) is 18.0 Å². The van der Waals surface area contributed by atoms with Crippen LogP contribution in [-0.4, -0.2) is 43.9 Å². The zero-order chi connectivity index (χ0) is 13.7. The van der Waals surface area contributed by atoms with E-state index in [0.29, 0.717) is 31.8 Å². The molecule has 6 heteroatoms. The number of nitrogens with two attached hydrogens (primary N) is 1. The number of amides is 1. The van der Waals surface area contributed by atoms with E-state index in [2.05, 4.69) is 5.32 Å². The van der Waals surface area contributed by atoms with Crippen molar-refractivity contribution < 1.29 is 14.6 Å². The average molecular weight is 265 g/mol.